The zero-order valence-corrected chi connectivity index (χ0v) is 17.0. The molecule has 0 aliphatic heterocycles. The molecule has 0 N–H and O–H groups in total. The molecule has 7 nitrogen and oxygen atoms in total. The topological polar surface area (TPSA) is 79.5 Å². The van der Waals surface area contributed by atoms with E-state index in [0.29, 0.717) is 28.8 Å². The first-order valence-corrected chi connectivity index (χ1v) is 9.65. The van der Waals surface area contributed by atoms with Gasteiger partial charge >= 0.3 is 0 Å². The Kier molecular flexibility index (Phi) is 6.20. The van der Waals surface area contributed by atoms with Gasteiger partial charge in [-0.1, -0.05) is 11.7 Å². The Morgan fingerprint density at radius 2 is 2.00 bits per heavy atom. The minimum absolute atomic E-state index is 0.177. The molecule has 0 aliphatic carbocycles. The van der Waals surface area contributed by atoms with E-state index in [9.17, 15) is 0 Å². The summed E-state index contributed by atoms with van der Waals surface area (Å²) in [5.74, 6) is 2.37. The molecule has 28 heavy (non-hydrogen) atoms. The van der Waals surface area contributed by atoms with E-state index in [0.717, 1.165) is 21.7 Å². The zero-order chi connectivity index (χ0) is 20.1. The number of benzene rings is 1. The molecular formula is C20H21N3O4S. The molecule has 2 heterocycles. The lowest BCUT2D eigenvalue weighted by Crippen LogP contribution is -2.01. The third-order valence-electron chi connectivity index (χ3n) is 3.99. The molecule has 0 radical (unpaired) electrons. The number of ether oxygens (including phenoxy) is 3. The number of rotatable bonds is 8. The lowest BCUT2D eigenvalue weighted by molar-refractivity contribution is 0.240. The molecule has 0 unspecified atom stereocenters. The fourth-order valence-electron chi connectivity index (χ4n) is 2.64. The van der Waals surface area contributed by atoms with Crippen LogP contribution in [0.5, 0.6) is 17.4 Å². The van der Waals surface area contributed by atoms with Crippen molar-refractivity contribution in [3.63, 3.8) is 0 Å². The molecule has 0 bridgehead atoms. The van der Waals surface area contributed by atoms with Gasteiger partial charge in [0.1, 0.15) is 28.5 Å². The molecule has 3 rings (SSSR count). The van der Waals surface area contributed by atoms with Crippen molar-refractivity contribution in [2.45, 2.75) is 18.6 Å². The lowest BCUT2D eigenvalue weighted by atomic mass is 10.1. The highest BCUT2D eigenvalue weighted by atomic mass is 32.2. The van der Waals surface area contributed by atoms with Crippen molar-refractivity contribution in [3.8, 4) is 28.6 Å². The zero-order valence-electron chi connectivity index (χ0n) is 16.2. The predicted octanol–water partition coefficient (Wildman–Crippen LogP) is 4.48. The molecule has 0 aliphatic rings. The summed E-state index contributed by atoms with van der Waals surface area (Å²) in [6.45, 7) is 6.07. The Balaban J connectivity index is 1.81. The van der Waals surface area contributed by atoms with Crippen LogP contribution in [0.25, 0.3) is 16.8 Å². The predicted molar refractivity (Wildman–Crippen MR) is 108 cm³/mol. The largest absolute Gasteiger partial charge is 0.497 e. The van der Waals surface area contributed by atoms with Crippen LogP contribution in [-0.2, 0) is 6.61 Å². The van der Waals surface area contributed by atoms with Crippen LogP contribution in [0, 0.1) is 0 Å². The first-order chi connectivity index (χ1) is 13.6. The summed E-state index contributed by atoms with van der Waals surface area (Å²) >= 11 is 1.52. The first-order valence-electron chi connectivity index (χ1n) is 8.43. The molecule has 0 spiro atoms. The van der Waals surface area contributed by atoms with Crippen LogP contribution < -0.4 is 14.2 Å². The molecule has 0 atom stereocenters. The highest BCUT2D eigenvalue weighted by molar-refractivity contribution is 7.98. The molecule has 0 saturated heterocycles. The Morgan fingerprint density at radius 1 is 1.18 bits per heavy atom. The Bertz CT molecular complexity index is 987. The van der Waals surface area contributed by atoms with Crippen molar-refractivity contribution in [2.24, 2.45) is 0 Å². The maximum atomic E-state index is 5.86. The van der Waals surface area contributed by atoms with Crippen LogP contribution in [0.2, 0.25) is 0 Å². The molecule has 146 valence electrons. The van der Waals surface area contributed by atoms with Gasteiger partial charge in [0, 0.05) is 17.7 Å². The summed E-state index contributed by atoms with van der Waals surface area (Å²) in [6.07, 6.45) is 3.42. The van der Waals surface area contributed by atoms with E-state index >= 15 is 0 Å². The van der Waals surface area contributed by atoms with Crippen LogP contribution in [0.15, 0.2) is 46.7 Å². The second-order valence-corrected chi connectivity index (χ2v) is 6.67. The first kappa shape index (κ1) is 19.8. The van der Waals surface area contributed by atoms with Crippen molar-refractivity contribution >= 4 is 17.3 Å². The average Bonchev–Trinajstić information content (AvgIpc) is 3.19. The van der Waals surface area contributed by atoms with Crippen molar-refractivity contribution in [2.75, 3.05) is 20.5 Å². The number of hydrogen-bond acceptors (Lipinski definition) is 8. The van der Waals surface area contributed by atoms with E-state index in [1.54, 1.807) is 26.4 Å². The van der Waals surface area contributed by atoms with Crippen LogP contribution >= 0.6 is 11.8 Å². The van der Waals surface area contributed by atoms with Crippen molar-refractivity contribution in [3.05, 3.63) is 48.5 Å². The molecule has 8 heteroatoms. The van der Waals surface area contributed by atoms with Crippen LogP contribution in [0.3, 0.4) is 0 Å². The van der Waals surface area contributed by atoms with Gasteiger partial charge in [-0.2, -0.15) is 0 Å². The average molecular weight is 399 g/mol. The second kappa shape index (κ2) is 8.79. The number of hydrogen-bond donors (Lipinski definition) is 0. The maximum absolute atomic E-state index is 5.86. The van der Waals surface area contributed by atoms with Gasteiger partial charge in [0.15, 0.2) is 12.4 Å². The number of aromatic nitrogens is 3. The molecular weight excluding hydrogens is 378 g/mol. The molecule has 0 amide bonds. The summed E-state index contributed by atoms with van der Waals surface area (Å²) in [5, 5.41) is 4.94. The van der Waals surface area contributed by atoms with Crippen molar-refractivity contribution < 1.29 is 18.7 Å². The minimum Gasteiger partial charge on any atom is -0.497 e. The van der Waals surface area contributed by atoms with Gasteiger partial charge < -0.3 is 18.7 Å². The van der Waals surface area contributed by atoms with Crippen molar-refractivity contribution in [1.29, 1.82) is 0 Å². The summed E-state index contributed by atoms with van der Waals surface area (Å²) < 4.78 is 21.9. The van der Waals surface area contributed by atoms with E-state index < -0.39 is 0 Å². The van der Waals surface area contributed by atoms with Gasteiger partial charge in [0.2, 0.25) is 5.88 Å². The third kappa shape index (κ3) is 4.12. The number of thioether (sulfide) groups is 1. The van der Waals surface area contributed by atoms with Gasteiger partial charge in [-0.25, -0.2) is 9.97 Å². The third-order valence-corrected chi connectivity index (χ3v) is 4.69. The van der Waals surface area contributed by atoms with Crippen molar-refractivity contribution in [1.82, 2.24) is 15.1 Å². The molecule has 0 saturated carbocycles. The normalized spacial score (nSPS) is 10.6. The van der Waals surface area contributed by atoms with E-state index in [1.165, 1.54) is 18.1 Å². The highest BCUT2D eigenvalue weighted by Crippen LogP contribution is 2.34. The summed E-state index contributed by atoms with van der Waals surface area (Å²) in [4.78, 5) is 8.49. The number of methoxy groups -OCH3 is 2. The Morgan fingerprint density at radius 3 is 2.68 bits per heavy atom. The van der Waals surface area contributed by atoms with E-state index in [2.05, 4.69) is 21.7 Å². The fraction of sp³-hybridized carbons (Fsp3) is 0.250. The van der Waals surface area contributed by atoms with Gasteiger partial charge in [-0.05, 0) is 30.9 Å². The fourth-order valence-corrected chi connectivity index (χ4v) is 3.26. The highest BCUT2D eigenvalue weighted by Gasteiger charge is 2.16. The quantitative estimate of drug-likeness (QED) is 0.405. The summed E-state index contributed by atoms with van der Waals surface area (Å²) in [6, 6.07) is 7.31. The minimum atomic E-state index is 0.177. The Hall–Kier alpha value is -3.00. The SMILES string of the molecule is C=C(C)c1c(OCc2cc(-c3ccc(OC)cc3OC)no2)ncnc1SC. The molecule has 3 aromatic rings. The van der Waals surface area contributed by atoms with Crippen LogP contribution in [-0.4, -0.2) is 35.6 Å². The number of allylic oxidation sites excluding steroid dienone is 1. The lowest BCUT2D eigenvalue weighted by Gasteiger charge is -2.11. The van der Waals surface area contributed by atoms with E-state index in [1.807, 2.05) is 25.3 Å². The summed E-state index contributed by atoms with van der Waals surface area (Å²) in [5.41, 5.74) is 3.08. The maximum Gasteiger partial charge on any atom is 0.225 e. The molecule has 0 fully saturated rings. The standard InChI is InChI=1S/C20H21N3O4S/c1-12(2)18-19(21-11-22-20(18)28-5)26-10-14-8-16(23-27-14)15-7-6-13(24-3)9-17(15)25-4/h6-9,11H,1,10H2,2-5H3. The second-order valence-electron chi connectivity index (χ2n) is 5.88. The number of nitrogens with zero attached hydrogens (tertiary/aromatic N) is 3. The molecule has 2 aromatic heterocycles. The smallest absolute Gasteiger partial charge is 0.225 e. The summed E-state index contributed by atoms with van der Waals surface area (Å²) in [7, 11) is 3.20. The van der Waals surface area contributed by atoms with Crippen LogP contribution in [0.4, 0.5) is 0 Å². The van der Waals surface area contributed by atoms with Crippen LogP contribution in [0.1, 0.15) is 18.2 Å². The van der Waals surface area contributed by atoms with Gasteiger partial charge in [-0.3, -0.25) is 0 Å². The molecule has 1 aromatic carbocycles. The van der Waals surface area contributed by atoms with E-state index in [-0.39, 0.29) is 6.61 Å². The Labute approximate surface area is 167 Å². The van der Waals surface area contributed by atoms with Gasteiger partial charge in [0.25, 0.3) is 0 Å². The monoisotopic (exact) mass is 399 g/mol. The van der Waals surface area contributed by atoms with Gasteiger partial charge in [0.05, 0.1) is 19.8 Å². The van der Waals surface area contributed by atoms with E-state index in [4.69, 9.17) is 18.7 Å². The van der Waals surface area contributed by atoms with Gasteiger partial charge in [-0.15, -0.1) is 11.8 Å².